The summed E-state index contributed by atoms with van der Waals surface area (Å²) in [5, 5.41) is 7.94. The third-order valence-corrected chi connectivity index (χ3v) is 3.57. The lowest BCUT2D eigenvalue weighted by Gasteiger charge is -2.21. The topological polar surface area (TPSA) is 42.7 Å². The van der Waals surface area contributed by atoms with Crippen molar-refractivity contribution in [2.75, 3.05) is 0 Å². The highest BCUT2D eigenvalue weighted by molar-refractivity contribution is 4.91. The van der Waals surface area contributed by atoms with E-state index < -0.39 is 0 Å². The third kappa shape index (κ3) is 3.53. The van der Waals surface area contributed by atoms with Crippen LogP contribution in [0.15, 0.2) is 6.33 Å². The molecule has 0 saturated heterocycles. The van der Waals surface area contributed by atoms with Crippen molar-refractivity contribution >= 4 is 0 Å². The minimum atomic E-state index is 0.564. The van der Waals surface area contributed by atoms with Crippen LogP contribution < -0.4 is 5.32 Å². The molecular formula is C13H24N4. The van der Waals surface area contributed by atoms with Crippen molar-refractivity contribution in [3.8, 4) is 0 Å². The molecule has 96 valence electrons. The molecule has 2 unspecified atom stereocenters. The molecule has 1 fully saturated rings. The van der Waals surface area contributed by atoms with Crippen LogP contribution in [0.2, 0.25) is 0 Å². The summed E-state index contributed by atoms with van der Waals surface area (Å²) in [6, 6.07) is 1.34. The zero-order valence-electron chi connectivity index (χ0n) is 11.2. The molecule has 2 rings (SSSR count). The number of aryl methyl sites for hydroxylation is 1. The van der Waals surface area contributed by atoms with Gasteiger partial charge in [0.05, 0.1) is 0 Å². The van der Waals surface area contributed by atoms with Crippen molar-refractivity contribution in [1.82, 2.24) is 20.1 Å². The van der Waals surface area contributed by atoms with E-state index in [-0.39, 0.29) is 0 Å². The van der Waals surface area contributed by atoms with E-state index in [0.29, 0.717) is 12.0 Å². The van der Waals surface area contributed by atoms with Crippen LogP contribution in [0.5, 0.6) is 0 Å². The summed E-state index contributed by atoms with van der Waals surface area (Å²) < 4.78 is 2.04. The maximum absolute atomic E-state index is 4.38. The van der Waals surface area contributed by atoms with E-state index in [4.69, 9.17) is 0 Å². The van der Waals surface area contributed by atoms with Gasteiger partial charge in [0.1, 0.15) is 12.2 Å². The smallest absolute Gasteiger partial charge is 0.138 e. The highest BCUT2D eigenvalue weighted by Crippen LogP contribution is 2.21. The molecule has 17 heavy (non-hydrogen) atoms. The zero-order valence-corrected chi connectivity index (χ0v) is 11.2. The van der Waals surface area contributed by atoms with Gasteiger partial charge in [-0.2, -0.15) is 5.10 Å². The Balaban J connectivity index is 1.87. The van der Waals surface area contributed by atoms with Crippen LogP contribution in [-0.4, -0.2) is 26.8 Å². The summed E-state index contributed by atoms with van der Waals surface area (Å²) in [4.78, 5) is 4.38. The molecular weight excluding hydrogens is 212 g/mol. The first-order valence-electron chi connectivity index (χ1n) is 6.83. The molecule has 1 aliphatic carbocycles. The number of nitrogens with zero attached hydrogens (tertiary/aromatic N) is 3. The van der Waals surface area contributed by atoms with Gasteiger partial charge >= 0.3 is 0 Å². The SMILES string of the molecule is CCCn1ncnc1CC(C)C(C)NC1CC1. The van der Waals surface area contributed by atoms with Gasteiger partial charge in [0.2, 0.25) is 0 Å². The number of hydrogen-bond donors (Lipinski definition) is 1. The first kappa shape index (κ1) is 12.6. The van der Waals surface area contributed by atoms with Gasteiger partial charge in [0.15, 0.2) is 0 Å². The summed E-state index contributed by atoms with van der Waals surface area (Å²) in [5.74, 6) is 1.74. The van der Waals surface area contributed by atoms with Crippen molar-refractivity contribution < 1.29 is 0 Å². The van der Waals surface area contributed by atoms with Crippen molar-refractivity contribution in [2.24, 2.45) is 5.92 Å². The Morgan fingerprint density at radius 1 is 1.47 bits per heavy atom. The molecule has 0 radical (unpaired) electrons. The second kappa shape index (κ2) is 5.63. The fraction of sp³-hybridized carbons (Fsp3) is 0.846. The minimum Gasteiger partial charge on any atom is -0.311 e. The van der Waals surface area contributed by atoms with E-state index in [0.717, 1.165) is 31.3 Å². The zero-order chi connectivity index (χ0) is 12.3. The molecule has 1 aliphatic rings. The molecule has 1 aromatic rings. The van der Waals surface area contributed by atoms with Gasteiger partial charge < -0.3 is 5.32 Å². The first-order valence-corrected chi connectivity index (χ1v) is 6.83. The highest BCUT2D eigenvalue weighted by Gasteiger charge is 2.25. The van der Waals surface area contributed by atoms with Crippen LogP contribution in [0, 0.1) is 5.92 Å². The average molecular weight is 236 g/mol. The van der Waals surface area contributed by atoms with E-state index in [1.807, 2.05) is 4.68 Å². The molecule has 1 N–H and O–H groups in total. The fourth-order valence-electron chi connectivity index (χ4n) is 2.10. The number of rotatable bonds is 7. The van der Waals surface area contributed by atoms with E-state index in [1.54, 1.807) is 6.33 Å². The van der Waals surface area contributed by atoms with Crippen molar-refractivity contribution in [3.05, 3.63) is 12.2 Å². The molecule has 1 saturated carbocycles. The summed E-state index contributed by atoms with van der Waals surface area (Å²) in [6.07, 6.45) is 6.50. The lowest BCUT2D eigenvalue weighted by atomic mass is 9.99. The average Bonchev–Trinajstić information content (AvgIpc) is 3.01. The molecule has 0 spiro atoms. The van der Waals surface area contributed by atoms with Gasteiger partial charge in [-0.05, 0) is 32.1 Å². The van der Waals surface area contributed by atoms with Gasteiger partial charge in [-0.25, -0.2) is 4.98 Å². The van der Waals surface area contributed by atoms with Crippen LogP contribution in [0.1, 0.15) is 45.9 Å². The van der Waals surface area contributed by atoms with Gasteiger partial charge in [-0.15, -0.1) is 0 Å². The molecule has 4 nitrogen and oxygen atoms in total. The van der Waals surface area contributed by atoms with Gasteiger partial charge in [0, 0.05) is 25.0 Å². The monoisotopic (exact) mass is 236 g/mol. The van der Waals surface area contributed by atoms with Gasteiger partial charge in [-0.3, -0.25) is 4.68 Å². The Bertz CT molecular complexity index is 343. The van der Waals surface area contributed by atoms with E-state index in [1.165, 1.54) is 12.8 Å². The largest absolute Gasteiger partial charge is 0.311 e. The Hall–Kier alpha value is -0.900. The predicted octanol–water partition coefficient (Wildman–Crippen LogP) is 2.01. The Morgan fingerprint density at radius 3 is 2.88 bits per heavy atom. The molecule has 0 aromatic carbocycles. The van der Waals surface area contributed by atoms with E-state index in [2.05, 4.69) is 36.2 Å². The predicted molar refractivity (Wildman–Crippen MR) is 68.8 cm³/mol. The summed E-state index contributed by atoms with van der Waals surface area (Å²) >= 11 is 0. The van der Waals surface area contributed by atoms with Crippen LogP contribution in [0.3, 0.4) is 0 Å². The lowest BCUT2D eigenvalue weighted by Crippen LogP contribution is -2.35. The van der Waals surface area contributed by atoms with Crippen molar-refractivity contribution in [2.45, 2.75) is 65.1 Å². The second-order valence-electron chi connectivity index (χ2n) is 5.31. The third-order valence-electron chi connectivity index (χ3n) is 3.57. The van der Waals surface area contributed by atoms with Gasteiger partial charge in [0.25, 0.3) is 0 Å². The van der Waals surface area contributed by atoms with Crippen LogP contribution >= 0.6 is 0 Å². The Morgan fingerprint density at radius 2 is 2.24 bits per heavy atom. The van der Waals surface area contributed by atoms with Crippen LogP contribution in [0.4, 0.5) is 0 Å². The second-order valence-corrected chi connectivity index (χ2v) is 5.31. The Labute approximate surface area is 104 Å². The summed E-state index contributed by atoms with van der Waals surface area (Å²) in [5.41, 5.74) is 0. The lowest BCUT2D eigenvalue weighted by molar-refractivity contribution is 0.382. The highest BCUT2D eigenvalue weighted by atomic mass is 15.3. The normalized spacial score (nSPS) is 19.2. The van der Waals surface area contributed by atoms with Crippen LogP contribution in [-0.2, 0) is 13.0 Å². The van der Waals surface area contributed by atoms with E-state index >= 15 is 0 Å². The fourth-order valence-corrected chi connectivity index (χ4v) is 2.10. The molecule has 1 heterocycles. The van der Waals surface area contributed by atoms with E-state index in [9.17, 15) is 0 Å². The van der Waals surface area contributed by atoms with Crippen LogP contribution in [0.25, 0.3) is 0 Å². The maximum Gasteiger partial charge on any atom is 0.138 e. The summed E-state index contributed by atoms with van der Waals surface area (Å²) in [7, 11) is 0. The molecule has 0 amide bonds. The minimum absolute atomic E-state index is 0.564. The van der Waals surface area contributed by atoms with Crippen molar-refractivity contribution in [1.29, 1.82) is 0 Å². The summed E-state index contributed by atoms with van der Waals surface area (Å²) in [6.45, 7) is 7.73. The molecule has 1 aromatic heterocycles. The number of hydrogen-bond acceptors (Lipinski definition) is 3. The van der Waals surface area contributed by atoms with Crippen molar-refractivity contribution in [3.63, 3.8) is 0 Å². The quantitative estimate of drug-likeness (QED) is 0.787. The molecule has 0 bridgehead atoms. The molecule has 0 aliphatic heterocycles. The number of nitrogens with one attached hydrogen (secondary N) is 1. The molecule has 4 heteroatoms. The number of aromatic nitrogens is 3. The maximum atomic E-state index is 4.38. The first-order chi connectivity index (χ1) is 8.20. The Kier molecular flexibility index (Phi) is 4.15. The molecule has 2 atom stereocenters. The van der Waals surface area contributed by atoms with Gasteiger partial charge in [-0.1, -0.05) is 13.8 Å². The standard InChI is InChI=1S/C13H24N4/c1-4-7-17-13(14-9-15-17)8-10(2)11(3)16-12-5-6-12/h9-12,16H,4-8H2,1-3H3.